The Morgan fingerprint density at radius 2 is 2.04 bits per heavy atom. The van der Waals surface area contributed by atoms with Crippen LogP contribution in [0.4, 0.5) is 4.79 Å². The van der Waals surface area contributed by atoms with Gasteiger partial charge in [-0.1, -0.05) is 11.6 Å². The van der Waals surface area contributed by atoms with E-state index in [0.29, 0.717) is 22.9 Å². The monoisotopic (exact) mass is 383 g/mol. The maximum atomic E-state index is 12.6. The van der Waals surface area contributed by atoms with Gasteiger partial charge in [0, 0.05) is 10.6 Å². The van der Waals surface area contributed by atoms with Crippen molar-refractivity contribution in [3.63, 3.8) is 0 Å². The molecule has 0 spiro atoms. The SMILES string of the molecule is CCOC(=O)[C@H](C)N1C(=O)S/C(=C/c2cc(Cl)ccc2OCC)C1=O. The van der Waals surface area contributed by atoms with E-state index in [-0.39, 0.29) is 11.5 Å². The maximum absolute atomic E-state index is 12.6. The lowest BCUT2D eigenvalue weighted by molar-refractivity contribution is -0.150. The summed E-state index contributed by atoms with van der Waals surface area (Å²) in [7, 11) is 0. The van der Waals surface area contributed by atoms with Gasteiger partial charge >= 0.3 is 5.97 Å². The van der Waals surface area contributed by atoms with Gasteiger partial charge in [-0.25, -0.2) is 4.79 Å². The van der Waals surface area contributed by atoms with E-state index in [1.807, 2.05) is 6.92 Å². The number of rotatable bonds is 6. The summed E-state index contributed by atoms with van der Waals surface area (Å²) < 4.78 is 10.4. The quantitative estimate of drug-likeness (QED) is 0.550. The highest BCUT2D eigenvalue weighted by molar-refractivity contribution is 8.18. The van der Waals surface area contributed by atoms with Crippen molar-refractivity contribution in [1.29, 1.82) is 0 Å². The molecule has 6 nitrogen and oxygen atoms in total. The molecule has 1 saturated heterocycles. The van der Waals surface area contributed by atoms with Crippen LogP contribution in [0, 0.1) is 0 Å². The van der Waals surface area contributed by atoms with Crippen LogP contribution in [0.1, 0.15) is 26.3 Å². The summed E-state index contributed by atoms with van der Waals surface area (Å²) in [5.74, 6) is -0.612. The van der Waals surface area contributed by atoms with Crippen molar-refractivity contribution in [1.82, 2.24) is 4.90 Å². The zero-order valence-corrected chi connectivity index (χ0v) is 15.6. The highest BCUT2D eigenvalue weighted by Crippen LogP contribution is 2.36. The summed E-state index contributed by atoms with van der Waals surface area (Å²) in [5.41, 5.74) is 0.587. The number of esters is 1. The second-order valence-corrected chi connectivity index (χ2v) is 6.52. The molecule has 25 heavy (non-hydrogen) atoms. The van der Waals surface area contributed by atoms with Crippen LogP contribution in [0.3, 0.4) is 0 Å². The van der Waals surface area contributed by atoms with Crippen molar-refractivity contribution in [2.24, 2.45) is 0 Å². The molecule has 0 N–H and O–H groups in total. The molecule has 0 bridgehead atoms. The van der Waals surface area contributed by atoms with Crippen LogP contribution in [0.5, 0.6) is 5.75 Å². The van der Waals surface area contributed by atoms with E-state index in [0.717, 1.165) is 16.7 Å². The van der Waals surface area contributed by atoms with E-state index in [1.165, 1.54) is 6.92 Å². The van der Waals surface area contributed by atoms with Crippen LogP contribution in [0.2, 0.25) is 5.02 Å². The molecule has 1 heterocycles. The Morgan fingerprint density at radius 3 is 2.68 bits per heavy atom. The number of benzene rings is 1. The number of hydrogen-bond acceptors (Lipinski definition) is 6. The minimum atomic E-state index is -0.982. The molecule has 1 aromatic rings. The minimum Gasteiger partial charge on any atom is -0.493 e. The number of hydrogen-bond donors (Lipinski definition) is 0. The third kappa shape index (κ3) is 4.35. The van der Waals surface area contributed by atoms with E-state index in [2.05, 4.69) is 0 Å². The summed E-state index contributed by atoms with van der Waals surface area (Å²) in [6.45, 7) is 5.58. The predicted molar refractivity (Wildman–Crippen MR) is 96.5 cm³/mol. The highest BCUT2D eigenvalue weighted by Gasteiger charge is 2.41. The second-order valence-electron chi connectivity index (χ2n) is 5.09. The molecule has 2 rings (SSSR count). The summed E-state index contributed by atoms with van der Waals surface area (Å²) >= 11 is 6.77. The predicted octanol–water partition coefficient (Wildman–Crippen LogP) is 3.73. The first-order valence-corrected chi connectivity index (χ1v) is 8.94. The Bertz CT molecular complexity index is 734. The van der Waals surface area contributed by atoms with Crippen LogP contribution in [0.15, 0.2) is 23.1 Å². The molecule has 0 aliphatic carbocycles. The standard InChI is InChI=1S/C17H18ClNO5S/c1-4-23-13-7-6-12(18)8-11(13)9-14-15(20)19(17(22)25-14)10(3)16(21)24-5-2/h6-10H,4-5H2,1-3H3/b14-9+/t10-/m0/s1. The van der Waals surface area contributed by atoms with E-state index in [9.17, 15) is 14.4 Å². The zero-order valence-electron chi connectivity index (χ0n) is 14.1. The lowest BCUT2D eigenvalue weighted by atomic mass is 10.1. The molecule has 1 aromatic carbocycles. The van der Waals surface area contributed by atoms with E-state index >= 15 is 0 Å². The normalized spacial score (nSPS) is 17.1. The van der Waals surface area contributed by atoms with Crippen LogP contribution in [-0.4, -0.2) is 41.3 Å². The molecule has 1 fully saturated rings. The fourth-order valence-corrected chi connectivity index (χ4v) is 3.32. The van der Waals surface area contributed by atoms with Gasteiger partial charge in [-0.05, 0) is 56.8 Å². The number of nitrogens with zero attached hydrogens (tertiary/aromatic N) is 1. The highest BCUT2D eigenvalue weighted by atomic mass is 35.5. The van der Waals surface area contributed by atoms with Crippen LogP contribution in [0.25, 0.3) is 6.08 Å². The molecule has 134 valence electrons. The molecule has 8 heteroatoms. The maximum Gasteiger partial charge on any atom is 0.329 e. The van der Waals surface area contributed by atoms with E-state index < -0.39 is 23.2 Å². The molecule has 1 aliphatic rings. The Balaban J connectivity index is 2.32. The second kappa shape index (κ2) is 8.40. The van der Waals surface area contributed by atoms with Crippen LogP contribution >= 0.6 is 23.4 Å². The number of thioether (sulfide) groups is 1. The third-order valence-corrected chi connectivity index (χ3v) is 4.52. The Morgan fingerprint density at radius 1 is 1.32 bits per heavy atom. The smallest absolute Gasteiger partial charge is 0.329 e. The van der Waals surface area contributed by atoms with Gasteiger partial charge in [-0.15, -0.1) is 0 Å². The fraction of sp³-hybridized carbons (Fsp3) is 0.353. The Labute approximate surface area is 155 Å². The summed E-state index contributed by atoms with van der Waals surface area (Å²) in [4.78, 5) is 37.7. The number of carbonyl (C=O) groups excluding carboxylic acids is 3. The molecule has 0 radical (unpaired) electrons. The number of amides is 2. The van der Waals surface area contributed by atoms with Crippen molar-refractivity contribution in [2.75, 3.05) is 13.2 Å². The summed E-state index contributed by atoms with van der Waals surface area (Å²) in [6, 6.07) is 4.04. The zero-order chi connectivity index (χ0) is 18.6. The number of ether oxygens (including phenoxy) is 2. The first-order chi connectivity index (χ1) is 11.9. The third-order valence-electron chi connectivity index (χ3n) is 3.40. The van der Waals surface area contributed by atoms with Gasteiger partial charge in [0.25, 0.3) is 11.1 Å². The molecule has 1 aliphatic heterocycles. The van der Waals surface area contributed by atoms with Gasteiger partial charge in [-0.3, -0.25) is 14.5 Å². The summed E-state index contributed by atoms with van der Waals surface area (Å²) in [5, 5.41) is -0.0365. The van der Waals surface area contributed by atoms with Gasteiger partial charge in [0.05, 0.1) is 18.1 Å². The average Bonchev–Trinajstić information content (AvgIpc) is 2.83. The summed E-state index contributed by atoms with van der Waals surface area (Å²) in [6.07, 6.45) is 1.54. The first kappa shape index (κ1) is 19.3. The lowest BCUT2D eigenvalue weighted by Crippen LogP contribution is -2.42. The average molecular weight is 384 g/mol. The molecule has 0 aromatic heterocycles. The van der Waals surface area contributed by atoms with Crippen molar-refractivity contribution in [3.05, 3.63) is 33.7 Å². The van der Waals surface area contributed by atoms with Crippen molar-refractivity contribution >= 4 is 46.6 Å². The topological polar surface area (TPSA) is 72.9 Å². The van der Waals surface area contributed by atoms with Gasteiger partial charge in [0.2, 0.25) is 0 Å². The Hall–Kier alpha value is -1.99. The number of carbonyl (C=O) groups is 3. The largest absolute Gasteiger partial charge is 0.493 e. The van der Waals surface area contributed by atoms with E-state index in [4.69, 9.17) is 21.1 Å². The lowest BCUT2D eigenvalue weighted by Gasteiger charge is -2.19. The Kier molecular flexibility index (Phi) is 6.50. The van der Waals surface area contributed by atoms with E-state index in [1.54, 1.807) is 31.2 Å². The molecule has 2 amide bonds. The van der Waals surface area contributed by atoms with Gasteiger partial charge < -0.3 is 9.47 Å². The van der Waals surface area contributed by atoms with Crippen molar-refractivity contribution in [3.8, 4) is 5.75 Å². The first-order valence-electron chi connectivity index (χ1n) is 7.75. The van der Waals surface area contributed by atoms with Crippen molar-refractivity contribution < 1.29 is 23.9 Å². The van der Waals surface area contributed by atoms with Gasteiger partial charge in [0.1, 0.15) is 11.8 Å². The molecular formula is C17H18ClNO5S. The van der Waals surface area contributed by atoms with Crippen molar-refractivity contribution in [2.45, 2.75) is 26.8 Å². The molecule has 0 unspecified atom stereocenters. The van der Waals surface area contributed by atoms with Gasteiger partial charge in [0.15, 0.2) is 0 Å². The van der Waals surface area contributed by atoms with Crippen LogP contribution in [-0.2, 0) is 14.3 Å². The molecule has 1 atom stereocenters. The van der Waals surface area contributed by atoms with Gasteiger partial charge in [-0.2, -0.15) is 0 Å². The number of imide groups is 1. The fourth-order valence-electron chi connectivity index (χ4n) is 2.24. The van der Waals surface area contributed by atoms with Crippen LogP contribution < -0.4 is 4.74 Å². The number of halogens is 1. The molecule has 0 saturated carbocycles. The minimum absolute atomic E-state index is 0.176. The molecular weight excluding hydrogens is 366 g/mol.